The maximum atomic E-state index is 14.1. The van der Waals surface area contributed by atoms with E-state index in [1.54, 1.807) is 18.2 Å². The average molecular weight is 229 g/mol. The zero-order valence-electron chi connectivity index (χ0n) is 8.42. The summed E-state index contributed by atoms with van der Waals surface area (Å²) >= 11 is 5.74. The van der Waals surface area contributed by atoms with E-state index < -0.39 is 6.17 Å². The van der Waals surface area contributed by atoms with E-state index in [1.807, 2.05) is 0 Å². The molecule has 2 nitrogen and oxygen atoms in total. The van der Waals surface area contributed by atoms with E-state index in [4.69, 9.17) is 11.6 Å². The lowest BCUT2D eigenvalue weighted by atomic mass is 9.91. The number of aromatic nitrogens is 1. The van der Waals surface area contributed by atoms with Crippen molar-refractivity contribution in [1.29, 1.82) is 0 Å². The van der Waals surface area contributed by atoms with E-state index in [9.17, 15) is 4.39 Å². The Morgan fingerprint density at radius 3 is 2.80 bits per heavy atom. The molecule has 1 atom stereocenters. The first-order valence-electron chi connectivity index (χ1n) is 5.24. The minimum Gasteiger partial charge on any atom is -0.317 e. The van der Waals surface area contributed by atoms with Gasteiger partial charge in [-0.2, -0.15) is 0 Å². The molecule has 82 valence electrons. The van der Waals surface area contributed by atoms with Gasteiger partial charge in [0.2, 0.25) is 0 Å². The zero-order chi connectivity index (χ0) is 10.7. The highest BCUT2D eigenvalue weighted by Crippen LogP contribution is 2.31. The van der Waals surface area contributed by atoms with Crippen molar-refractivity contribution in [1.82, 2.24) is 10.3 Å². The predicted molar refractivity (Wildman–Crippen MR) is 58.7 cm³/mol. The first-order valence-corrected chi connectivity index (χ1v) is 5.62. The Hall–Kier alpha value is -0.670. The van der Waals surface area contributed by atoms with Gasteiger partial charge in [-0.3, -0.25) is 0 Å². The number of halogens is 2. The molecule has 0 aliphatic carbocycles. The summed E-state index contributed by atoms with van der Waals surface area (Å²) in [5.74, 6) is 0.0808. The van der Waals surface area contributed by atoms with Gasteiger partial charge in [-0.15, -0.1) is 0 Å². The highest BCUT2D eigenvalue weighted by atomic mass is 35.5. The van der Waals surface area contributed by atoms with Gasteiger partial charge in [0.15, 0.2) is 0 Å². The fraction of sp³-hybridized carbons (Fsp3) is 0.545. The molecule has 0 spiro atoms. The third-order valence-corrected chi connectivity index (χ3v) is 3.03. The number of nitrogens with zero attached hydrogens (tertiary/aromatic N) is 1. The van der Waals surface area contributed by atoms with Gasteiger partial charge in [0, 0.05) is 0 Å². The minimum absolute atomic E-state index is 0.0808. The van der Waals surface area contributed by atoms with Crippen molar-refractivity contribution < 1.29 is 4.39 Å². The van der Waals surface area contributed by atoms with Crippen LogP contribution in [-0.4, -0.2) is 18.1 Å². The molecule has 15 heavy (non-hydrogen) atoms. The van der Waals surface area contributed by atoms with E-state index in [0.717, 1.165) is 25.9 Å². The van der Waals surface area contributed by atoms with Gasteiger partial charge in [-0.1, -0.05) is 17.7 Å². The summed E-state index contributed by atoms with van der Waals surface area (Å²) in [4.78, 5) is 4.02. The molecule has 0 amide bonds. The first kappa shape index (κ1) is 10.8. The fourth-order valence-electron chi connectivity index (χ4n) is 1.96. The first-order chi connectivity index (χ1) is 7.27. The van der Waals surface area contributed by atoms with Gasteiger partial charge in [0.25, 0.3) is 0 Å². The van der Waals surface area contributed by atoms with Crippen LogP contribution in [0.1, 0.15) is 24.7 Å². The second-order valence-electron chi connectivity index (χ2n) is 3.87. The Balaban J connectivity index is 2.08. The van der Waals surface area contributed by atoms with E-state index >= 15 is 0 Å². The molecular formula is C11H14ClFN2. The molecule has 1 aliphatic heterocycles. The largest absolute Gasteiger partial charge is 0.317 e. The van der Waals surface area contributed by atoms with Crippen LogP contribution in [0.4, 0.5) is 4.39 Å². The molecule has 1 saturated heterocycles. The molecule has 1 N–H and O–H groups in total. The second-order valence-corrected chi connectivity index (χ2v) is 4.26. The Morgan fingerprint density at radius 1 is 1.40 bits per heavy atom. The quantitative estimate of drug-likeness (QED) is 0.788. The molecule has 4 heteroatoms. The van der Waals surface area contributed by atoms with Gasteiger partial charge in [-0.05, 0) is 44.0 Å². The summed E-state index contributed by atoms with van der Waals surface area (Å²) in [5, 5.41) is 3.58. The second kappa shape index (κ2) is 4.90. The average Bonchev–Trinajstić information content (AvgIpc) is 2.29. The lowest BCUT2D eigenvalue weighted by molar-refractivity contribution is 0.186. The molecule has 0 saturated carbocycles. The van der Waals surface area contributed by atoms with Crippen LogP contribution in [0.5, 0.6) is 0 Å². The SMILES string of the molecule is F[C@@H](c1cccc(Cl)n1)C1CCNCC1. The Labute approximate surface area is 93.9 Å². The number of pyridine rings is 1. The van der Waals surface area contributed by atoms with E-state index in [2.05, 4.69) is 10.3 Å². The van der Waals surface area contributed by atoms with Gasteiger partial charge < -0.3 is 5.32 Å². The van der Waals surface area contributed by atoms with Crippen LogP contribution >= 0.6 is 11.6 Å². The van der Waals surface area contributed by atoms with E-state index in [-0.39, 0.29) is 5.92 Å². The predicted octanol–water partition coefficient (Wildman–Crippen LogP) is 2.75. The summed E-state index contributed by atoms with van der Waals surface area (Å²) in [6.45, 7) is 1.79. The highest BCUT2D eigenvalue weighted by molar-refractivity contribution is 6.29. The van der Waals surface area contributed by atoms with Gasteiger partial charge in [-0.25, -0.2) is 9.37 Å². The molecule has 1 fully saturated rings. The minimum atomic E-state index is -0.981. The summed E-state index contributed by atoms with van der Waals surface area (Å²) in [6, 6.07) is 5.12. The molecule has 1 aromatic heterocycles. The van der Waals surface area contributed by atoms with Crippen molar-refractivity contribution in [3.8, 4) is 0 Å². The molecule has 1 aliphatic rings. The van der Waals surface area contributed by atoms with E-state index in [1.165, 1.54) is 0 Å². The monoisotopic (exact) mass is 228 g/mol. The van der Waals surface area contributed by atoms with Crippen LogP contribution < -0.4 is 5.32 Å². The number of rotatable bonds is 2. The van der Waals surface area contributed by atoms with Crippen LogP contribution in [0.3, 0.4) is 0 Å². The van der Waals surface area contributed by atoms with Crippen molar-refractivity contribution in [2.75, 3.05) is 13.1 Å². The topological polar surface area (TPSA) is 24.9 Å². The van der Waals surface area contributed by atoms with Crippen molar-refractivity contribution in [3.63, 3.8) is 0 Å². The Kier molecular flexibility index (Phi) is 3.54. The molecule has 2 rings (SSSR count). The maximum absolute atomic E-state index is 14.1. The number of alkyl halides is 1. The van der Waals surface area contributed by atoms with Crippen LogP contribution in [0.2, 0.25) is 5.15 Å². The van der Waals surface area contributed by atoms with Crippen molar-refractivity contribution in [2.24, 2.45) is 5.92 Å². The van der Waals surface area contributed by atoms with Gasteiger partial charge >= 0.3 is 0 Å². The summed E-state index contributed by atoms with van der Waals surface area (Å²) in [6.07, 6.45) is 0.760. The van der Waals surface area contributed by atoms with Crippen molar-refractivity contribution in [2.45, 2.75) is 19.0 Å². The Bertz CT molecular complexity index is 326. The molecule has 1 aromatic rings. The third-order valence-electron chi connectivity index (χ3n) is 2.82. The maximum Gasteiger partial charge on any atom is 0.145 e. The van der Waals surface area contributed by atoms with Gasteiger partial charge in [0.1, 0.15) is 11.3 Å². The summed E-state index contributed by atoms with van der Waals surface area (Å²) < 4.78 is 14.1. The van der Waals surface area contributed by atoms with Crippen LogP contribution in [0.15, 0.2) is 18.2 Å². The summed E-state index contributed by atoms with van der Waals surface area (Å²) in [7, 11) is 0. The van der Waals surface area contributed by atoms with Crippen molar-refractivity contribution >= 4 is 11.6 Å². The number of hydrogen-bond acceptors (Lipinski definition) is 2. The molecule has 0 radical (unpaired) electrons. The molecule has 0 aromatic carbocycles. The summed E-state index contributed by atoms with van der Waals surface area (Å²) in [5.41, 5.74) is 0.467. The standard InChI is InChI=1S/C11H14ClFN2/c12-10-3-1-2-9(15-10)11(13)8-4-6-14-7-5-8/h1-3,8,11,14H,4-7H2/t11-/m1/s1. The number of piperidine rings is 1. The fourth-order valence-corrected chi connectivity index (χ4v) is 2.13. The highest BCUT2D eigenvalue weighted by Gasteiger charge is 2.25. The molecular weight excluding hydrogens is 215 g/mol. The molecule has 0 bridgehead atoms. The van der Waals surface area contributed by atoms with Crippen LogP contribution in [0, 0.1) is 5.92 Å². The van der Waals surface area contributed by atoms with E-state index in [0.29, 0.717) is 10.8 Å². The number of nitrogens with one attached hydrogen (secondary N) is 1. The van der Waals surface area contributed by atoms with Crippen LogP contribution in [-0.2, 0) is 0 Å². The third kappa shape index (κ3) is 2.67. The lowest BCUT2D eigenvalue weighted by Gasteiger charge is -2.25. The lowest BCUT2D eigenvalue weighted by Crippen LogP contribution is -2.30. The normalized spacial score (nSPS) is 20.1. The number of hydrogen-bond donors (Lipinski definition) is 1. The van der Waals surface area contributed by atoms with Gasteiger partial charge in [0.05, 0.1) is 5.69 Å². The molecule has 0 unspecified atom stereocenters. The van der Waals surface area contributed by atoms with Crippen LogP contribution in [0.25, 0.3) is 0 Å². The van der Waals surface area contributed by atoms with Crippen molar-refractivity contribution in [3.05, 3.63) is 29.0 Å². The zero-order valence-corrected chi connectivity index (χ0v) is 9.17. The smallest absolute Gasteiger partial charge is 0.145 e. The molecule has 2 heterocycles. The Morgan fingerprint density at radius 2 is 2.13 bits per heavy atom.